The van der Waals surface area contributed by atoms with E-state index in [0.29, 0.717) is 29.0 Å². The first-order valence-corrected chi connectivity index (χ1v) is 10.1. The summed E-state index contributed by atoms with van der Waals surface area (Å²) in [6.45, 7) is 4.52. The molecule has 5 rings (SSSR count). The SMILES string of the molecule is CCc1ccc2c(c1)c(=O)c1ccccc1n2Cc1nc(-c2ccc(C)cc2)no1. The van der Waals surface area contributed by atoms with Gasteiger partial charge in [-0.15, -0.1) is 0 Å². The average Bonchev–Trinajstić information content (AvgIpc) is 3.25. The van der Waals surface area contributed by atoms with Crippen LogP contribution < -0.4 is 5.43 Å². The van der Waals surface area contributed by atoms with Gasteiger partial charge in [-0.05, 0) is 43.2 Å². The summed E-state index contributed by atoms with van der Waals surface area (Å²) in [5.74, 6) is 1.06. The van der Waals surface area contributed by atoms with Gasteiger partial charge in [-0.3, -0.25) is 4.79 Å². The molecule has 148 valence electrons. The number of hydrogen-bond acceptors (Lipinski definition) is 4. The van der Waals surface area contributed by atoms with Gasteiger partial charge in [0.25, 0.3) is 0 Å². The van der Waals surface area contributed by atoms with Crippen LogP contribution in [-0.4, -0.2) is 14.7 Å². The highest BCUT2D eigenvalue weighted by atomic mass is 16.5. The van der Waals surface area contributed by atoms with Crippen LogP contribution in [0.3, 0.4) is 0 Å². The molecule has 5 aromatic rings. The Balaban J connectivity index is 1.66. The second-order valence-electron chi connectivity index (χ2n) is 7.52. The van der Waals surface area contributed by atoms with Crippen molar-refractivity contribution in [3.05, 3.63) is 94.0 Å². The third-order valence-corrected chi connectivity index (χ3v) is 5.52. The molecule has 0 aliphatic heterocycles. The zero-order valence-corrected chi connectivity index (χ0v) is 16.9. The molecule has 3 aromatic carbocycles. The maximum Gasteiger partial charge on any atom is 0.246 e. The van der Waals surface area contributed by atoms with Gasteiger partial charge in [-0.2, -0.15) is 4.98 Å². The number of hydrogen-bond donors (Lipinski definition) is 0. The topological polar surface area (TPSA) is 60.9 Å². The molecule has 2 aromatic heterocycles. The largest absolute Gasteiger partial charge is 0.337 e. The summed E-state index contributed by atoms with van der Waals surface area (Å²) < 4.78 is 7.65. The summed E-state index contributed by atoms with van der Waals surface area (Å²) in [6, 6.07) is 21.8. The summed E-state index contributed by atoms with van der Waals surface area (Å²) in [4.78, 5) is 17.7. The van der Waals surface area contributed by atoms with Crippen LogP contribution in [0.5, 0.6) is 0 Å². The zero-order chi connectivity index (χ0) is 20.7. The standard InChI is InChI=1S/C25H21N3O2/c1-3-17-10-13-22-20(14-17)24(29)19-6-4-5-7-21(19)28(22)15-23-26-25(27-30-23)18-11-8-16(2)9-12-18/h4-14H,3,15H2,1-2H3. The van der Waals surface area contributed by atoms with Crippen LogP contribution in [0.1, 0.15) is 23.9 Å². The van der Waals surface area contributed by atoms with Gasteiger partial charge in [0, 0.05) is 16.3 Å². The molecule has 0 aliphatic carbocycles. The summed E-state index contributed by atoms with van der Waals surface area (Å²) in [5, 5.41) is 5.56. The minimum atomic E-state index is 0.0537. The first kappa shape index (κ1) is 18.3. The maximum absolute atomic E-state index is 13.1. The third kappa shape index (κ3) is 3.08. The molecule has 0 radical (unpaired) electrons. The molecule has 0 atom stereocenters. The minimum Gasteiger partial charge on any atom is -0.337 e. The van der Waals surface area contributed by atoms with Crippen molar-refractivity contribution in [1.29, 1.82) is 0 Å². The Morgan fingerprint density at radius 1 is 0.933 bits per heavy atom. The molecule has 0 bridgehead atoms. The van der Waals surface area contributed by atoms with Crippen molar-refractivity contribution in [2.45, 2.75) is 26.8 Å². The molecular weight excluding hydrogens is 374 g/mol. The Morgan fingerprint density at radius 2 is 1.70 bits per heavy atom. The van der Waals surface area contributed by atoms with Crippen LogP contribution in [-0.2, 0) is 13.0 Å². The maximum atomic E-state index is 13.1. The number of aromatic nitrogens is 3. The molecule has 0 saturated carbocycles. The zero-order valence-electron chi connectivity index (χ0n) is 16.9. The van der Waals surface area contributed by atoms with Gasteiger partial charge >= 0.3 is 0 Å². The highest BCUT2D eigenvalue weighted by Gasteiger charge is 2.15. The van der Waals surface area contributed by atoms with Crippen LogP contribution in [0.15, 0.2) is 76.0 Å². The fraction of sp³-hybridized carbons (Fsp3) is 0.160. The van der Waals surface area contributed by atoms with Crippen molar-refractivity contribution in [2.75, 3.05) is 0 Å². The number of nitrogens with zero attached hydrogens (tertiary/aromatic N) is 3. The van der Waals surface area contributed by atoms with Crippen molar-refractivity contribution in [2.24, 2.45) is 0 Å². The monoisotopic (exact) mass is 395 g/mol. The van der Waals surface area contributed by atoms with Gasteiger partial charge < -0.3 is 9.09 Å². The molecule has 2 heterocycles. The van der Waals surface area contributed by atoms with E-state index in [1.165, 1.54) is 5.56 Å². The summed E-state index contributed by atoms with van der Waals surface area (Å²) in [5.41, 5.74) is 5.01. The Hall–Kier alpha value is -3.73. The van der Waals surface area contributed by atoms with Gasteiger partial charge in [0.2, 0.25) is 11.7 Å². The Kier molecular flexibility index (Phi) is 4.43. The van der Waals surface area contributed by atoms with Crippen LogP contribution in [0.4, 0.5) is 0 Å². The van der Waals surface area contributed by atoms with E-state index in [9.17, 15) is 4.79 Å². The van der Waals surface area contributed by atoms with Crippen molar-refractivity contribution in [3.8, 4) is 11.4 Å². The predicted octanol–water partition coefficient (Wildman–Crippen LogP) is 5.12. The smallest absolute Gasteiger partial charge is 0.246 e. The van der Waals surface area contributed by atoms with E-state index >= 15 is 0 Å². The number of benzene rings is 3. The van der Waals surface area contributed by atoms with Gasteiger partial charge in [0.05, 0.1) is 11.0 Å². The first-order valence-electron chi connectivity index (χ1n) is 10.1. The molecular formula is C25H21N3O2. The molecule has 0 aliphatic rings. The lowest BCUT2D eigenvalue weighted by Gasteiger charge is -2.14. The molecule has 5 heteroatoms. The molecule has 0 amide bonds. The van der Waals surface area contributed by atoms with Gasteiger partial charge in [-0.1, -0.05) is 60.1 Å². The first-order chi connectivity index (χ1) is 14.6. The van der Waals surface area contributed by atoms with E-state index in [2.05, 4.69) is 27.7 Å². The normalized spacial score (nSPS) is 11.4. The van der Waals surface area contributed by atoms with Crippen LogP contribution >= 0.6 is 0 Å². The van der Waals surface area contributed by atoms with E-state index in [0.717, 1.165) is 28.6 Å². The van der Waals surface area contributed by atoms with Gasteiger partial charge in [-0.25, -0.2) is 0 Å². The highest BCUT2D eigenvalue weighted by Crippen LogP contribution is 2.23. The molecule has 0 saturated heterocycles. The highest BCUT2D eigenvalue weighted by molar-refractivity contribution is 5.93. The van der Waals surface area contributed by atoms with Crippen molar-refractivity contribution >= 4 is 21.8 Å². The number of pyridine rings is 1. The van der Waals surface area contributed by atoms with E-state index < -0.39 is 0 Å². The van der Waals surface area contributed by atoms with Crippen molar-refractivity contribution in [3.63, 3.8) is 0 Å². The number of para-hydroxylation sites is 1. The van der Waals surface area contributed by atoms with E-state index in [1.54, 1.807) is 0 Å². The van der Waals surface area contributed by atoms with Crippen LogP contribution in [0.2, 0.25) is 0 Å². The molecule has 30 heavy (non-hydrogen) atoms. The number of rotatable bonds is 4. The summed E-state index contributed by atoms with van der Waals surface area (Å²) in [7, 11) is 0. The van der Waals surface area contributed by atoms with Crippen molar-refractivity contribution in [1.82, 2.24) is 14.7 Å². The van der Waals surface area contributed by atoms with Gasteiger partial charge in [0.1, 0.15) is 6.54 Å². The predicted molar refractivity (Wildman–Crippen MR) is 119 cm³/mol. The third-order valence-electron chi connectivity index (χ3n) is 5.52. The lowest BCUT2D eigenvalue weighted by molar-refractivity contribution is 0.374. The summed E-state index contributed by atoms with van der Waals surface area (Å²) >= 11 is 0. The second kappa shape index (κ2) is 7.26. The molecule has 0 spiro atoms. The molecule has 0 N–H and O–H groups in total. The fourth-order valence-electron chi connectivity index (χ4n) is 3.84. The minimum absolute atomic E-state index is 0.0537. The lowest BCUT2D eigenvalue weighted by atomic mass is 10.1. The van der Waals surface area contributed by atoms with Crippen LogP contribution in [0, 0.1) is 6.92 Å². The van der Waals surface area contributed by atoms with Crippen molar-refractivity contribution < 1.29 is 4.52 Å². The van der Waals surface area contributed by atoms with E-state index in [1.807, 2.05) is 67.6 Å². The Morgan fingerprint density at radius 3 is 2.50 bits per heavy atom. The number of aryl methyl sites for hydroxylation is 2. The molecule has 5 nitrogen and oxygen atoms in total. The Bertz CT molecular complexity index is 1430. The second-order valence-corrected chi connectivity index (χ2v) is 7.52. The summed E-state index contributed by atoms with van der Waals surface area (Å²) in [6.07, 6.45) is 0.881. The van der Waals surface area contributed by atoms with E-state index in [-0.39, 0.29) is 5.43 Å². The number of fused-ring (bicyclic) bond motifs is 2. The molecule has 0 fully saturated rings. The van der Waals surface area contributed by atoms with E-state index in [4.69, 9.17) is 4.52 Å². The lowest BCUT2D eigenvalue weighted by Crippen LogP contribution is -2.12. The van der Waals surface area contributed by atoms with Gasteiger partial charge in [0.15, 0.2) is 5.43 Å². The fourth-order valence-corrected chi connectivity index (χ4v) is 3.84. The Labute approximate surface area is 173 Å². The molecule has 0 unspecified atom stereocenters. The van der Waals surface area contributed by atoms with Crippen LogP contribution in [0.25, 0.3) is 33.2 Å². The average molecular weight is 395 g/mol. The quantitative estimate of drug-likeness (QED) is 0.396.